The van der Waals surface area contributed by atoms with E-state index in [0.29, 0.717) is 0 Å². The largest absolute Gasteiger partial charge is 0.804 e. The van der Waals surface area contributed by atoms with E-state index in [1.165, 1.54) is 180 Å². The Kier molecular flexibility index (Phi) is 35.5. The van der Waals surface area contributed by atoms with Crippen molar-refractivity contribution >= 4 is 8.25 Å². The van der Waals surface area contributed by atoms with Crippen LogP contribution >= 0.6 is 8.25 Å². The predicted molar refractivity (Wildman–Crippen MR) is 178 cm³/mol. The van der Waals surface area contributed by atoms with Gasteiger partial charge in [-0.05, 0) is 37.8 Å². The average Bonchev–Trinajstić information content (AvgIpc) is 2.96. The standard InChI is InChI=1S/C36H70O3P/c1-3-5-7-9-11-13-15-17-19-21-23-25-27-29-31-33-35-38-40(37)39-36-34-32-30-28-26-24-22-20-18-16-14-12-10-8-6-4-2/h33-36H,3-32H2,1-2H3/q+1/b35-33+,36-34+. The Morgan fingerprint density at radius 1 is 0.375 bits per heavy atom. The fraction of sp³-hybridized carbons (Fsp3) is 0.889. The van der Waals surface area contributed by atoms with Crippen LogP contribution in [0.15, 0.2) is 24.7 Å². The van der Waals surface area contributed by atoms with Gasteiger partial charge in [-0.2, -0.15) is 0 Å². The van der Waals surface area contributed by atoms with Gasteiger partial charge in [-0.1, -0.05) is 181 Å². The summed E-state index contributed by atoms with van der Waals surface area (Å²) in [6.45, 7) is 4.57. The highest BCUT2D eigenvalue weighted by atomic mass is 31.1. The van der Waals surface area contributed by atoms with Crippen LogP contribution in [0, 0.1) is 0 Å². The zero-order valence-corrected chi connectivity index (χ0v) is 28.1. The third kappa shape index (κ3) is 35.2. The van der Waals surface area contributed by atoms with E-state index in [1.54, 1.807) is 12.5 Å². The van der Waals surface area contributed by atoms with Crippen LogP contribution in [-0.2, 0) is 13.6 Å². The van der Waals surface area contributed by atoms with Gasteiger partial charge in [-0.3, -0.25) is 0 Å². The summed E-state index contributed by atoms with van der Waals surface area (Å²) in [6.07, 6.45) is 47.5. The first-order valence-corrected chi connectivity index (χ1v) is 19.0. The van der Waals surface area contributed by atoms with Crippen molar-refractivity contribution in [3.8, 4) is 0 Å². The van der Waals surface area contributed by atoms with Crippen LogP contribution in [0.4, 0.5) is 0 Å². The molecule has 3 nitrogen and oxygen atoms in total. The molecule has 0 aromatic rings. The lowest BCUT2D eigenvalue weighted by Crippen LogP contribution is -1.83. The van der Waals surface area contributed by atoms with Gasteiger partial charge in [-0.25, -0.2) is 9.05 Å². The number of hydrogen-bond donors (Lipinski definition) is 0. The molecule has 0 aliphatic rings. The number of rotatable bonds is 34. The van der Waals surface area contributed by atoms with Gasteiger partial charge in [0.25, 0.3) is 0 Å². The quantitative estimate of drug-likeness (QED) is 0.0431. The van der Waals surface area contributed by atoms with Crippen LogP contribution in [0.1, 0.15) is 206 Å². The maximum absolute atomic E-state index is 11.8. The van der Waals surface area contributed by atoms with Crippen molar-refractivity contribution in [2.24, 2.45) is 0 Å². The van der Waals surface area contributed by atoms with Gasteiger partial charge in [0, 0.05) is 4.57 Å². The van der Waals surface area contributed by atoms with Crippen LogP contribution < -0.4 is 0 Å². The molecule has 0 radical (unpaired) electrons. The minimum atomic E-state index is -2.09. The summed E-state index contributed by atoms with van der Waals surface area (Å²) in [6, 6.07) is 0. The Morgan fingerprint density at radius 2 is 0.600 bits per heavy atom. The fourth-order valence-electron chi connectivity index (χ4n) is 5.26. The Balaban J connectivity index is 3.27. The molecule has 0 spiro atoms. The second-order valence-corrected chi connectivity index (χ2v) is 12.8. The molecule has 0 aliphatic heterocycles. The summed E-state index contributed by atoms with van der Waals surface area (Å²) in [5, 5.41) is 0. The first-order chi connectivity index (χ1) is 19.8. The van der Waals surface area contributed by atoms with Crippen molar-refractivity contribution in [1.29, 1.82) is 0 Å². The van der Waals surface area contributed by atoms with E-state index in [1.807, 2.05) is 12.2 Å². The summed E-state index contributed by atoms with van der Waals surface area (Å²) in [4.78, 5) is 0. The summed E-state index contributed by atoms with van der Waals surface area (Å²) >= 11 is 0. The van der Waals surface area contributed by atoms with E-state index >= 15 is 0 Å². The maximum Gasteiger partial charge on any atom is 0.804 e. The lowest BCUT2D eigenvalue weighted by molar-refractivity contribution is 0.354. The summed E-state index contributed by atoms with van der Waals surface area (Å²) in [7, 11) is -2.09. The molecule has 0 unspecified atom stereocenters. The lowest BCUT2D eigenvalue weighted by atomic mass is 10.0. The molecule has 0 atom stereocenters. The molecule has 0 fully saturated rings. The molecule has 40 heavy (non-hydrogen) atoms. The molecule has 0 N–H and O–H groups in total. The number of allylic oxidation sites excluding steroid dienone is 2. The third-order valence-corrected chi connectivity index (χ3v) is 8.52. The SMILES string of the molecule is CCCCCCCCCCCCCCCC/C=C/O[P+](=O)O/C=C/CCCCCCCCCCCCCCCC. The second kappa shape index (κ2) is 36.2. The topological polar surface area (TPSA) is 35.5 Å². The molecular weight excluding hydrogens is 511 g/mol. The maximum atomic E-state index is 11.8. The van der Waals surface area contributed by atoms with E-state index in [9.17, 15) is 4.57 Å². The van der Waals surface area contributed by atoms with Crippen LogP contribution in [0.3, 0.4) is 0 Å². The first-order valence-electron chi connectivity index (χ1n) is 17.9. The van der Waals surface area contributed by atoms with Crippen LogP contribution in [0.2, 0.25) is 0 Å². The average molecular weight is 582 g/mol. The van der Waals surface area contributed by atoms with Gasteiger partial charge in [0.2, 0.25) is 0 Å². The zero-order valence-electron chi connectivity index (χ0n) is 27.2. The Labute approximate surface area is 252 Å². The van der Waals surface area contributed by atoms with Crippen molar-refractivity contribution in [3.05, 3.63) is 24.7 Å². The molecule has 236 valence electrons. The minimum absolute atomic E-state index is 0.982. The first kappa shape index (κ1) is 39.2. The zero-order chi connectivity index (χ0) is 29.0. The van der Waals surface area contributed by atoms with E-state index in [-0.39, 0.29) is 0 Å². The fourth-order valence-corrected chi connectivity index (χ4v) is 5.68. The van der Waals surface area contributed by atoms with Crippen molar-refractivity contribution in [2.45, 2.75) is 206 Å². The van der Waals surface area contributed by atoms with Crippen LogP contribution in [0.5, 0.6) is 0 Å². The van der Waals surface area contributed by atoms with Gasteiger partial charge >= 0.3 is 8.25 Å². The lowest BCUT2D eigenvalue weighted by Gasteiger charge is -2.02. The van der Waals surface area contributed by atoms with E-state index in [2.05, 4.69) is 13.8 Å². The highest BCUT2D eigenvalue weighted by Gasteiger charge is 2.16. The van der Waals surface area contributed by atoms with Gasteiger partial charge in [0.1, 0.15) is 0 Å². The monoisotopic (exact) mass is 582 g/mol. The molecule has 4 heteroatoms. The van der Waals surface area contributed by atoms with E-state index in [0.717, 1.165) is 12.8 Å². The van der Waals surface area contributed by atoms with Crippen LogP contribution in [0.25, 0.3) is 0 Å². The predicted octanol–water partition coefficient (Wildman–Crippen LogP) is 14.4. The van der Waals surface area contributed by atoms with E-state index in [4.69, 9.17) is 9.05 Å². The normalized spacial score (nSPS) is 11.7. The second-order valence-electron chi connectivity index (χ2n) is 11.9. The molecule has 0 bridgehead atoms. The molecular formula is C36H70O3P+. The van der Waals surface area contributed by atoms with Gasteiger partial charge in [0.15, 0.2) is 12.5 Å². The molecule has 0 rings (SSSR count). The van der Waals surface area contributed by atoms with Crippen molar-refractivity contribution in [2.75, 3.05) is 0 Å². The van der Waals surface area contributed by atoms with Gasteiger partial charge in [-0.15, -0.1) is 0 Å². The Morgan fingerprint density at radius 3 is 0.850 bits per heavy atom. The summed E-state index contributed by atoms with van der Waals surface area (Å²) < 4.78 is 22.1. The molecule has 0 amide bonds. The van der Waals surface area contributed by atoms with Crippen molar-refractivity contribution in [3.63, 3.8) is 0 Å². The molecule has 0 heterocycles. The highest BCUT2D eigenvalue weighted by molar-refractivity contribution is 7.33. The Hall–Kier alpha value is -0.820. The van der Waals surface area contributed by atoms with Gasteiger partial charge < -0.3 is 0 Å². The van der Waals surface area contributed by atoms with E-state index < -0.39 is 8.25 Å². The highest BCUT2D eigenvalue weighted by Crippen LogP contribution is 2.25. The molecule has 0 aromatic heterocycles. The smallest absolute Gasteiger partial charge is 0.231 e. The van der Waals surface area contributed by atoms with Crippen molar-refractivity contribution < 1.29 is 13.6 Å². The summed E-state index contributed by atoms with van der Waals surface area (Å²) in [5.41, 5.74) is 0. The molecule has 0 aromatic carbocycles. The number of unbranched alkanes of at least 4 members (excludes halogenated alkanes) is 28. The minimum Gasteiger partial charge on any atom is -0.231 e. The van der Waals surface area contributed by atoms with Crippen molar-refractivity contribution in [1.82, 2.24) is 0 Å². The Bertz CT molecular complexity index is 500. The van der Waals surface area contributed by atoms with Gasteiger partial charge in [0.05, 0.1) is 0 Å². The van der Waals surface area contributed by atoms with Crippen LogP contribution in [-0.4, -0.2) is 0 Å². The third-order valence-electron chi connectivity index (χ3n) is 7.93. The number of hydrogen-bond acceptors (Lipinski definition) is 3. The molecule has 0 aliphatic carbocycles. The summed E-state index contributed by atoms with van der Waals surface area (Å²) in [5.74, 6) is 0. The molecule has 0 saturated heterocycles. The molecule has 0 saturated carbocycles.